The van der Waals surface area contributed by atoms with Crippen LogP contribution in [0.15, 0.2) is 0 Å². The van der Waals surface area contributed by atoms with Gasteiger partial charge in [-0.1, -0.05) is 0 Å². The lowest BCUT2D eigenvalue weighted by Crippen LogP contribution is -2.58. The molecule has 1 amide bonds. The molecular formula is C6H10N2O5S. The van der Waals surface area contributed by atoms with Gasteiger partial charge in [0.05, 0.1) is 0 Å². The van der Waals surface area contributed by atoms with Crippen LogP contribution in [0.1, 0.15) is 6.42 Å². The predicted molar refractivity (Wildman–Crippen MR) is 45.7 cm³/mol. The summed E-state index contributed by atoms with van der Waals surface area (Å²) in [5.41, 5.74) is 4.92. The summed E-state index contributed by atoms with van der Waals surface area (Å²) in [5.74, 6) is -3.19. The van der Waals surface area contributed by atoms with Crippen LogP contribution in [0.5, 0.6) is 0 Å². The van der Waals surface area contributed by atoms with Crippen molar-refractivity contribution in [1.82, 2.24) is 4.31 Å². The first-order chi connectivity index (χ1) is 6.34. The van der Waals surface area contributed by atoms with Crippen LogP contribution < -0.4 is 5.73 Å². The highest BCUT2D eigenvalue weighted by Gasteiger charge is 2.41. The van der Waals surface area contributed by atoms with Crippen LogP contribution in [0.4, 0.5) is 0 Å². The Balaban J connectivity index is 2.75. The zero-order chi connectivity index (χ0) is 10.9. The molecule has 1 rings (SSSR count). The normalized spacial score (nSPS) is 22.7. The Morgan fingerprint density at radius 3 is 2.36 bits per heavy atom. The van der Waals surface area contributed by atoms with Gasteiger partial charge in [0.1, 0.15) is 6.04 Å². The van der Waals surface area contributed by atoms with E-state index in [1.807, 2.05) is 0 Å². The van der Waals surface area contributed by atoms with E-state index in [4.69, 9.17) is 10.8 Å². The Hall–Kier alpha value is -1.15. The van der Waals surface area contributed by atoms with E-state index in [2.05, 4.69) is 0 Å². The largest absolute Gasteiger partial charge is 0.480 e. The van der Waals surface area contributed by atoms with Crippen LogP contribution in [0.2, 0.25) is 0 Å². The molecule has 1 saturated heterocycles. The Bertz CT molecular complexity index is 362. The van der Waals surface area contributed by atoms with Crippen molar-refractivity contribution in [1.29, 1.82) is 0 Å². The molecule has 0 saturated carbocycles. The fourth-order valence-corrected chi connectivity index (χ4v) is 2.68. The van der Waals surface area contributed by atoms with Crippen molar-refractivity contribution in [2.24, 2.45) is 5.73 Å². The first-order valence-corrected chi connectivity index (χ1v) is 5.46. The average Bonchev–Trinajstić information content (AvgIpc) is 1.75. The SMILES string of the molecule is NC(=O)C1CCN1S(=O)(=O)CC(=O)O. The summed E-state index contributed by atoms with van der Waals surface area (Å²) in [4.78, 5) is 20.9. The van der Waals surface area contributed by atoms with Crippen molar-refractivity contribution in [3.63, 3.8) is 0 Å². The third-order valence-electron chi connectivity index (χ3n) is 1.96. The molecule has 3 N–H and O–H groups in total. The second kappa shape index (κ2) is 3.54. The molecule has 1 heterocycles. The van der Waals surface area contributed by atoms with E-state index in [-0.39, 0.29) is 6.54 Å². The lowest BCUT2D eigenvalue weighted by Gasteiger charge is -2.36. The van der Waals surface area contributed by atoms with Crippen molar-refractivity contribution in [3.8, 4) is 0 Å². The van der Waals surface area contributed by atoms with E-state index >= 15 is 0 Å². The van der Waals surface area contributed by atoms with Gasteiger partial charge in [0.15, 0.2) is 5.75 Å². The van der Waals surface area contributed by atoms with E-state index in [1.165, 1.54) is 0 Å². The number of primary amides is 1. The summed E-state index contributed by atoms with van der Waals surface area (Å²) in [7, 11) is -3.88. The Morgan fingerprint density at radius 2 is 2.07 bits per heavy atom. The van der Waals surface area contributed by atoms with Gasteiger partial charge in [0, 0.05) is 6.54 Å². The first kappa shape index (κ1) is 10.9. The molecule has 0 spiro atoms. The molecule has 0 aromatic rings. The highest BCUT2D eigenvalue weighted by atomic mass is 32.2. The molecule has 1 aliphatic heterocycles. The predicted octanol–water partition coefficient (Wildman–Crippen LogP) is -2.04. The van der Waals surface area contributed by atoms with Crippen LogP contribution >= 0.6 is 0 Å². The van der Waals surface area contributed by atoms with Gasteiger partial charge in [-0.05, 0) is 6.42 Å². The number of nitrogens with zero attached hydrogens (tertiary/aromatic N) is 1. The molecule has 8 heteroatoms. The summed E-state index contributed by atoms with van der Waals surface area (Å²) in [6.45, 7) is 0.156. The van der Waals surface area contributed by atoms with Crippen LogP contribution in [-0.4, -0.2) is 48.0 Å². The van der Waals surface area contributed by atoms with Crippen LogP contribution in [0.25, 0.3) is 0 Å². The second-order valence-electron chi connectivity index (χ2n) is 2.97. The maximum absolute atomic E-state index is 11.3. The second-order valence-corrected chi connectivity index (χ2v) is 4.89. The van der Waals surface area contributed by atoms with Crippen molar-refractivity contribution in [2.45, 2.75) is 12.5 Å². The minimum atomic E-state index is -3.88. The Kier molecular flexibility index (Phi) is 2.76. The molecule has 0 aromatic heterocycles. The molecule has 1 aliphatic rings. The Morgan fingerprint density at radius 1 is 1.50 bits per heavy atom. The third kappa shape index (κ3) is 2.02. The Labute approximate surface area is 80.5 Å². The van der Waals surface area contributed by atoms with E-state index < -0.39 is 33.7 Å². The van der Waals surface area contributed by atoms with E-state index in [0.29, 0.717) is 6.42 Å². The highest BCUT2D eigenvalue weighted by Crippen LogP contribution is 2.21. The van der Waals surface area contributed by atoms with Gasteiger partial charge in [0.2, 0.25) is 15.9 Å². The minimum absolute atomic E-state index is 0.156. The summed E-state index contributed by atoms with van der Waals surface area (Å²) < 4.78 is 23.4. The van der Waals surface area contributed by atoms with Crippen LogP contribution in [0, 0.1) is 0 Å². The van der Waals surface area contributed by atoms with Gasteiger partial charge in [-0.2, -0.15) is 4.31 Å². The molecular weight excluding hydrogens is 212 g/mol. The van der Waals surface area contributed by atoms with Crippen LogP contribution in [-0.2, 0) is 19.6 Å². The minimum Gasteiger partial charge on any atom is -0.480 e. The fourth-order valence-electron chi connectivity index (χ4n) is 1.22. The summed E-state index contributed by atoms with van der Waals surface area (Å²) in [5, 5.41) is 8.32. The summed E-state index contributed by atoms with van der Waals surface area (Å²) in [6.07, 6.45) is 0.355. The van der Waals surface area contributed by atoms with E-state index in [9.17, 15) is 18.0 Å². The summed E-state index contributed by atoms with van der Waals surface area (Å²) >= 11 is 0. The number of hydrogen-bond acceptors (Lipinski definition) is 4. The number of carbonyl (C=O) groups is 2. The molecule has 1 fully saturated rings. The highest BCUT2D eigenvalue weighted by molar-refractivity contribution is 7.89. The zero-order valence-corrected chi connectivity index (χ0v) is 8.03. The maximum Gasteiger partial charge on any atom is 0.320 e. The van der Waals surface area contributed by atoms with Crippen molar-refractivity contribution >= 4 is 21.9 Å². The van der Waals surface area contributed by atoms with Crippen molar-refractivity contribution in [2.75, 3.05) is 12.3 Å². The molecule has 1 atom stereocenters. The van der Waals surface area contributed by atoms with Gasteiger partial charge in [-0.25, -0.2) is 8.42 Å². The molecule has 0 aromatic carbocycles. The average molecular weight is 222 g/mol. The number of hydrogen-bond donors (Lipinski definition) is 2. The molecule has 0 radical (unpaired) electrons. The third-order valence-corrected chi connectivity index (χ3v) is 3.73. The van der Waals surface area contributed by atoms with Crippen LogP contribution in [0.3, 0.4) is 0 Å². The first-order valence-electron chi connectivity index (χ1n) is 3.85. The number of nitrogens with two attached hydrogens (primary N) is 1. The molecule has 0 aliphatic carbocycles. The van der Waals surface area contributed by atoms with Gasteiger partial charge >= 0.3 is 5.97 Å². The molecule has 7 nitrogen and oxygen atoms in total. The molecule has 1 unspecified atom stereocenters. The molecule has 80 valence electrons. The maximum atomic E-state index is 11.3. The number of carboxylic acid groups (broad SMARTS) is 1. The van der Waals surface area contributed by atoms with E-state index in [0.717, 1.165) is 4.31 Å². The van der Waals surface area contributed by atoms with Gasteiger partial charge in [-0.3, -0.25) is 9.59 Å². The standard InChI is InChI=1S/C6H10N2O5S/c7-6(11)4-1-2-8(4)14(12,13)3-5(9)10/h4H,1-3H2,(H2,7,11)(H,9,10). The lowest BCUT2D eigenvalue weighted by atomic mass is 10.1. The number of rotatable bonds is 4. The number of aliphatic carboxylic acids is 1. The zero-order valence-electron chi connectivity index (χ0n) is 7.21. The number of carbonyl (C=O) groups excluding carboxylic acids is 1. The van der Waals surface area contributed by atoms with E-state index in [1.54, 1.807) is 0 Å². The number of amides is 1. The fraction of sp³-hybridized carbons (Fsp3) is 0.667. The smallest absolute Gasteiger partial charge is 0.320 e. The topological polar surface area (TPSA) is 118 Å². The molecule has 14 heavy (non-hydrogen) atoms. The van der Waals surface area contributed by atoms with Crippen molar-refractivity contribution in [3.05, 3.63) is 0 Å². The monoisotopic (exact) mass is 222 g/mol. The number of carboxylic acids is 1. The van der Waals surface area contributed by atoms with Gasteiger partial charge in [-0.15, -0.1) is 0 Å². The number of sulfonamides is 1. The summed E-state index contributed by atoms with van der Waals surface area (Å²) in [6, 6.07) is -0.876. The van der Waals surface area contributed by atoms with Gasteiger partial charge in [0.25, 0.3) is 0 Å². The van der Waals surface area contributed by atoms with Crippen molar-refractivity contribution < 1.29 is 23.1 Å². The quantitative estimate of drug-likeness (QED) is 0.568. The molecule has 0 bridgehead atoms. The van der Waals surface area contributed by atoms with Gasteiger partial charge < -0.3 is 10.8 Å². The lowest BCUT2D eigenvalue weighted by molar-refractivity contribution is -0.134.